The van der Waals surface area contributed by atoms with E-state index in [1.54, 1.807) is 17.1 Å². The Hall–Kier alpha value is -0.880. The van der Waals surface area contributed by atoms with Crippen molar-refractivity contribution in [2.45, 2.75) is 25.8 Å². The van der Waals surface area contributed by atoms with Gasteiger partial charge in [-0.2, -0.15) is 5.10 Å². The Labute approximate surface area is 90.8 Å². The summed E-state index contributed by atoms with van der Waals surface area (Å²) in [6, 6.07) is -0.323. The molecule has 78 valence electrons. The molecule has 6 heteroatoms. The molecule has 1 heterocycles. The van der Waals surface area contributed by atoms with Gasteiger partial charge in [0.2, 0.25) is 0 Å². The molecule has 1 aromatic heterocycles. The van der Waals surface area contributed by atoms with Crippen LogP contribution in [0.3, 0.4) is 0 Å². The SMILES string of the molecule is CCCC(C(=O)NN)n1cc(Br)cn1. The first-order chi connectivity index (χ1) is 6.69. The van der Waals surface area contributed by atoms with Gasteiger partial charge < -0.3 is 0 Å². The molecule has 0 radical (unpaired) electrons. The number of aromatic nitrogens is 2. The summed E-state index contributed by atoms with van der Waals surface area (Å²) in [6.07, 6.45) is 5.02. The van der Waals surface area contributed by atoms with Gasteiger partial charge >= 0.3 is 0 Å². The highest BCUT2D eigenvalue weighted by molar-refractivity contribution is 9.10. The largest absolute Gasteiger partial charge is 0.292 e. The van der Waals surface area contributed by atoms with Gasteiger partial charge in [0, 0.05) is 6.20 Å². The third kappa shape index (κ3) is 2.55. The Morgan fingerprint density at radius 3 is 3.00 bits per heavy atom. The topological polar surface area (TPSA) is 72.9 Å². The number of halogens is 1. The zero-order chi connectivity index (χ0) is 10.6. The number of hydrogen-bond donors (Lipinski definition) is 2. The molecule has 14 heavy (non-hydrogen) atoms. The first-order valence-electron chi connectivity index (χ1n) is 4.39. The van der Waals surface area contributed by atoms with Gasteiger partial charge in [-0.3, -0.25) is 14.9 Å². The smallest absolute Gasteiger partial charge is 0.258 e. The number of nitrogens with zero attached hydrogens (tertiary/aromatic N) is 2. The highest BCUT2D eigenvalue weighted by atomic mass is 79.9. The van der Waals surface area contributed by atoms with E-state index in [2.05, 4.69) is 26.5 Å². The van der Waals surface area contributed by atoms with Crippen molar-refractivity contribution in [2.24, 2.45) is 5.84 Å². The van der Waals surface area contributed by atoms with Crippen LogP contribution in [0.25, 0.3) is 0 Å². The van der Waals surface area contributed by atoms with Gasteiger partial charge in [0.1, 0.15) is 6.04 Å². The quantitative estimate of drug-likeness (QED) is 0.482. The van der Waals surface area contributed by atoms with E-state index >= 15 is 0 Å². The van der Waals surface area contributed by atoms with Crippen LogP contribution < -0.4 is 11.3 Å². The lowest BCUT2D eigenvalue weighted by molar-refractivity contribution is -0.124. The van der Waals surface area contributed by atoms with Crippen LogP contribution in [0.15, 0.2) is 16.9 Å². The Kier molecular flexibility index (Phi) is 4.09. The molecule has 0 spiro atoms. The van der Waals surface area contributed by atoms with Gasteiger partial charge in [-0.15, -0.1) is 0 Å². The lowest BCUT2D eigenvalue weighted by atomic mass is 10.1. The molecule has 0 saturated carbocycles. The van der Waals surface area contributed by atoms with Crippen molar-refractivity contribution < 1.29 is 4.79 Å². The van der Waals surface area contributed by atoms with Crippen molar-refractivity contribution in [3.8, 4) is 0 Å². The predicted molar refractivity (Wildman–Crippen MR) is 56.2 cm³/mol. The average Bonchev–Trinajstić information content (AvgIpc) is 2.60. The van der Waals surface area contributed by atoms with Gasteiger partial charge in [-0.1, -0.05) is 13.3 Å². The number of amides is 1. The molecule has 0 bridgehead atoms. The summed E-state index contributed by atoms with van der Waals surface area (Å²) in [7, 11) is 0. The summed E-state index contributed by atoms with van der Waals surface area (Å²) in [6.45, 7) is 2.01. The second-order valence-electron chi connectivity index (χ2n) is 2.95. The minimum atomic E-state index is -0.323. The molecule has 0 aliphatic heterocycles. The third-order valence-corrected chi connectivity index (χ3v) is 2.31. The zero-order valence-corrected chi connectivity index (χ0v) is 9.49. The molecule has 0 fully saturated rings. The summed E-state index contributed by atoms with van der Waals surface area (Å²) in [5.41, 5.74) is 2.14. The fourth-order valence-corrected chi connectivity index (χ4v) is 1.54. The lowest BCUT2D eigenvalue weighted by Gasteiger charge is -2.14. The Morgan fingerprint density at radius 2 is 2.57 bits per heavy atom. The van der Waals surface area contributed by atoms with Gasteiger partial charge in [0.25, 0.3) is 5.91 Å². The second kappa shape index (κ2) is 5.11. The molecule has 1 rings (SSSR count). The molecule has 1 aromatic rings. The molecule has 1 atom stereocenters. The van der Waals surface area contributed by atoms with Crippen molar-refractivity contribution in [1.82, 2.24) is 15.2 Å². The first-order valence-corrected chi connectivity index (χ1v) is 5.18. The normalized spacial score (nSPS) is 12.5. The van der Waals surface area contributed by atoms with Crippen LogP contribution in [0.2, 0.25) is 0 Å². The number of carbonyl (C=O) groups excluding carboxylic acids is 1. The lowest BCUT2D eigenvalue weighted by Crippen LogP contribution is -2.37. The van der Waals surface area contributed by atoms with E-state index in [0.29, 0.717) is 0 Å². The van der Waals surface area contributed by atoms with E-state index in [9.17, 15) is 4.79 Å². The first kappa shape index (κ1) is 11.2. The summed E-state index contributed by atoms with van der Waals surface area (Å²) in [5, 5.41) is 4.06. The van der Waals surface area contributed by atoms with E-state index in [-0.39, 0.29) is 11.9 Å². The summed E-state index contributed by atoms with van der Waals surface area (Å²) < 4.78 is 2.46. The Morgan fingerprint density at radius 1 is 1.86 bits per heavy atom. The molecule has 3 N–H and O–H groups in total. The van der Waals surface area contributed by atoms with Crippen molar-refractivity contribution in [1.29, 1.82) is 0 Å². The molecule has 0 saturated heterocycles. The molecular weight excluding hydrogens is 248 g/mol. The summed E-state index contributed by atoms with van der Waals surface area (Å²) in [4.78, 5) is 11.4. The van der Waals surface area contributed by atoms with Crippen molar-refractivity contribution in [3.05, 3.63) is 16.9 Å². The number of nitrogens with two attached hydrogens (primary N) is 1. The van der Waals surface area contributed by atoms with Crippen LogP contribution in [-0.4, -0.2) is 15.7 Å². The van der Waals surface area contributed by atoms with E-state index in [0.717, 1.165) is 17.3 Å². The van der Waals surface area contributed by atoms with Crippen LogP contribution in [0.1, 0.15) is 25.8 Å². The van der Waals surface area contributed by atoms with Gasteiger partial charge in [-0.25, -0.2) is 5.84 Å². The molecule has 1 amide bonds. The Balaban J connectivity index is 2.82. The van der Waals surface area contributed by atoms with Gasteiger partial charge in [0.15, 0.2) is 0 Å². The number of rotatable bonds is 4. The zero-order valence-electron chi connectivity index (χ0n) is 7.90. The van der Waals surface area contributed by atoms with Crippen molar-refractivity contribution in [2.75, 3.05) is 0 Å². The maximum atomic E-state index is 11.4. The van der Waals surface area contributed by atoms with Gasteiger partial charge in [0.05, 0.1) is 10.7 Å². The molecular formula is C8H13BrN4O. The Bertz CT molecular complexity index is 312. The van der Waals surface area contributed by atoms with Crippen molar-refractivity contribution in [3.63, 3.8) is 0 Å². The molecule has 5 nitrogen and oxygen atoms in total. The fourth-order valence-electron chi connectivity index (χ4n) is 1.24. The summed E-state index contributed by atoms with van der Waals surface area (Å²) in [5.74, 6) is 4.88. The fraction of sp³-hybridized carbons (Fsp3) is 0.500. The molecule has 0 aromatic carbocycles. The van der Waals surface area contributed by atoms with Crippen LogP contribution in [0.4, 0.5) is 0 Å². The number of hydrazine groups is 1. The molecule has 0 aliphatic carbocycles. The van der Waals surface area contributed by atoms with Crippen LogP contribution in [0.5, 0.6) is 0 Å². The maximum Gasteiger partial charge on any atom is 0.258 e. The summed E-state index contributed by atoms with van der Waals surface area (Å²) >= 11 is 3.28. The number of nitrogens with one attached hydrogen (secondary N) is 1. The number of carbonyl (C=O) groups is 1. The van der Waals surface area contributed by atoms with E-state index in [4.69, 9.17) is 5.84 Å². The van der Waals surface area contributed by atoms with E-state index in [1.165, 1.54) is 0 Å². The maximum absolute atomic E-state index is 11.4. The van der Waals surface area contributed by atoms with Crippen LogP contribution >= 0.6 is 15.9 Å². The third-order valence-electron chi connectivity index (χ3n) is 1.90. The van der Waals surface area contributed by atoms with Gasteiger partial charge in [-0.05, 0) is 22.4 Å². The van der Waals surface area contributed by atoms with Crippen LogP contribution in [-0.2, 0) is 4.79 Å². The van der Waals surface area contributed by atoms with Crippen molar-refractivity contribution >= 4 is 21.8 Å². The minimum absolute atomic E-state index is 0.220. The second-order valence-corrected chi connectivity index (χ2v) is 3.87. The highest BCUT2D eigenvalue weighted by Gasteiger charge is 2.18. The minimum Gasteiger partial charge on any atom is -0.292 e. The molecule has 0 aliphatic rings. The molecule has 1 unspecified atom stereocenters. The van der Waals surface area contributed by atoms with E-state index in [1.807, 2.05) is 6.92 Å². The standard InChI is InChI=1S/C8H13BrN4O/c1-2-3-7(8(14)12-10)13-5-6(9)4-11-13/h4-5,7H,2-3,10H2,1H3,(H,12,14). The predicted octanol–water partition coefficient (Wildman–Crippen LogP) is 0.977. The van der Waals surface area contributed by atoms with Crippen LogP contribution in [0, 0.1) is 0 Å². The number of hydrogen-bond acceptors (Lipinski definition) is 3. The average molecular weight is 261 g/mol. The monoisotopic (exact) mass is 260 g/mol. The van der Waals surface area contributed by atoms with E-state index < -0.39 is 0 Å². The highest BCUT2D eigenvalue weighted by Crippen LogP contribution is 2.16.